The number of amides is 1. The standard InChI is InChI=1S/C26H31NO6/c1-30-20-11-12-21(31-2)25-24(20)18-9-4-5-10-19(18)33-26(25)16-7-6-8-17(15-16)27-22(28)13-14-23(29)32-3/h6-8,11-12,15,18-19,26H,4-5,9-10,13-14H2,1-3H3,(H,27,28)/t18-,19+,26+/m1/s1. The molecule has 1 fully saturated rings. The second kappa shape index (κ2) is 10.3. The van der Waals surface area contributed by atoms with Crippen molar-refractivity contribution in [3.63, 3.8) is 0 Å². The molecule has 3 atom stereocenters. The van der Waals surface area contributed by atoms with Gasteiger partial charge in [0.15, 0.2) is 0 Å². The molecular weight excluding hydrogens is 422 g/mol. The van der Waals surface area contributed by atoms with Crippen molar-refractivity contribution in [1.82, 2.24) is 0 Å². The molecule has 2 aromatic rings. The van der Waals surface area contributed by atoms with Crippen LogP contribution in [0, 0.1) is 0 Å². The number of carbonyl (C=O) groups excluding carboxylic acids is 2. The predicted octanol–water partition coefficient (Wildman–Crippen LogP) is 4.74. The van der Waals surface area contributed by atoms with Crippen LogP contribution in [0.2, 0.25) is 0 Å². The zero-order valence-corrected chi connectivity index (χ0v) is 19.4. The highest BCUT2D eigenvalue weighted by Crippen LogP contribution is 2.52. The van der Waals surface area contributed by atoms with Gasteiger partial charge in [-0.15, -0.1) is 0 Å². The highest BCUT2D eigenvalue weighted by molar-refractivity contribution is 5.92. The van der Waals surface area contributed by atoms with Crippen molar-refractivity contribution < 1.29 is 28.5 Å². The Kier molecular flexibility index (Phi) is 7.18. The molecule has 0 aromatic heterocycles. The molecule has 0 spiro atoms. The van der Waals surface area contributed by atoms with E-state index >= 15 is 0 Å². The fourth-order valence-electron chi connectivity index (χ4n) is 5.00. The summed E-state index contributed by atoms with van der Waals surface area (Å²) in [7, 11) is 4.69. The van der Waals surface area contributed by atoms with Gasteiger partial charge in [0.25, 0.3) is 0 Å². The van der Waals surface area contributed by atoms with Crippen molar-refractivity contribution in [1.29, 1.82) is 0 Å². The lowest BCUT2D eigenvalue weighted by Crippen LogP contribution is -2.34. The quantitative estimate of drug-likeness (QED) is 0.610. The van der Waals surface area contributed by atoms with Gasteiger partial charge in [-0.25, -0.2) is 0 Å². The lowest BCUT2D eigenvalue weighted by Gasteiger charge is -2.42. The first kappa shape index (κ1) is 23.1. The third kappa shape index (κ3) is 4.83. The van der Waals surface area contributed by atoms with Gasteiger partial charge in [0.05, 0.1) is 33.9 Å². The van der Waals surface area contributed by atoms with Gasteiger partial charge >= 0.3 is 5.97 Å². The second-order valence-electron chi connectivity index (χ2n) is 8.49. The third-order valence-electron chi connectivity index (χ3n) is 6.55. The molecule has 33 heavy (non-hydrogen) atoms. The summed E-state index contributed by atoms with van der Waals surface area (Å²) in [6.45, 7) is 0. The van der Waals surface area contributed by atoms with Crippen LogP contribution in [0.3, 0.4) is 0 Å². The summed E-state index contributed by atoms with van der Waals surface area (Å²) in [5, 5.41) is 2.87. The maximum Gasteiger partial charge on any atom is 0.306 e. The molecule has 1 saturated carbocycles. The number of ether oxygens (including phenoxy) is 4. The van der Waals surface area contributed by atoms with Crippen LogP contribution in [-0.4, -0.2) is 39.3 Å². The highest BCUT2D eigenvalue weighted by atomic mass is 16.5. The van der Waals surface area contributed by atoms with Crippen molar-refractivity contribution in [2.24, 2.45) is 0 Å². The van der Waals surface area contributed by atoms with E-state index in [2.05, 4.69) is 10.1 Å². The molecular formula is C26H31NO6. The second-order valence-corrected chi connectivity index (χ2v) is 8.49. The SMILES string of the molecule is COC(=O)CCC(=O)Nc1cccc([C@@H]2O[C@H]3CCCC[C@H]3c3c(OC)ccc(OC)c32)c1. The Bertz CT molecular complexity index is 1020. The molecule has 1 heterocycles. The van der Waals surface area contributed by atoms with Gasteiger partial charge < -0.3 is 24.3 Å². The average molecular weight is 454 g/mol. The van der Waals surface area contributed by atoms with Gasteiger partial charge in [0.1, 0.15) is 17.6 Å². The zero-order chi connectivity index (χ0) is 23.4. The fourth-order valence-corrected chi connectivity index (χ4v) is 5.00. The average Bonchev–Trinajstić information content (AvgIpc) is 2.86. The largest absolute Gasteiger partial charge is 0.496 e. The number of methoxy groups -OCH3 is 3. The van der Waals surface area contributed by atoms with Crippen LogP contribution < -0.4 is 14.8 Å². The summed E-state index contributed by atoms with van der Waals surface area (Å²) >= 11 is 0. The van der Waals surface area contributed by atoms with E-state index in [0.29, 0.717) is 5.69 Å². The van der Waals surface area contributed by atoms with E-state index in [4.69, 9.17) is 14.2 Å². The summed E-state index contributed by atoms with van der Waals surface area (Å²) in [4.78, 5) is 23.6. The van der Waals surface area contributed by atoms with Crippen molar-refractivity contribution in [2.75, 3.05) is 26.6 Å². The number of esters is 1. The molecule has 7 heteroatoms. The van der Waals surface area contributed by atoms with Gasteiger partial charge in [-0.1, -0.05) is 25.0 Å². The van der Waals surface area contributed by atoms with E-state index in [0.717, 1.165) is 41.9 Å². The molecule has 1 aliphatic carbocycles. The number of benzene rings is 2. The first-order chi connectivity index (χ1) is 16.0. The predicted molar refractivity (Wildman–Crippen MR) is 124 cm³/mol. The molecule has 2 aromatic carbocycles. The summed E-state index contributed by atoms with van der Waals surface area (Å²) < 4.78 is 22.8. The first-order valence-corrected chi connectivity index (χ1v) is 11.4. The third-order valence-corrected chi connectivity index (χ3v) is 6.55. The van der Waals surface area contributed by atoms with Gasteiger partial charge in [0, 0.05) is 29.2 Å². The fraction of sp³-hybridized carbons (Fsp3) is 0.462. The Morgan fingerprint density at radius 2 is 1.70 bits per heavy atom. The van der Waals surface area contributed by atoms with E-state index < -0.39 is 5.97 Å². The summed E-state index contributed by atoms with van der Waals surface area (Å²) in [6, 6.07) is 11.6. The maximum atomic E-state index is 12.3. The molecule has 4 rings (SSSR count). The first-order valence-electron chi connectivity index (χ1n) is 11.4. The van der Waals surface area contributed by atoms with E-state index in [-0.39, 0.29) is 36.9 Å². The van der Waals surface area contributed by atoms with Crippen LogP contribution in [0.1, 0.15) is 67.2 Å². The Labute approximate surface area is 194 Å². The lowest BCUT2D eigenvalue weighted by molar-refractivity contribution is -0.141. The van der Waals surface area contributed by atoms with Crippen molar-refractivity contribution in [3.05, 3.63) is 53.1 Å². The Balaban J connectivity index is 1.67. The van der Waals surface area contributed by atoms with E-state index in [1.807, 2.05) is 36.4 Å². The van der Waals surface area contributed by atoms with Crippen molar-refractivity contribution in [2.45, 2.75) is 56.7 Å². The molecule has 176 valence electrons. The molecule has 2 aliphatic rings. The Hall–Kier alpha value is -3.06. The van der Waals surface area contributed by atoms with E-state index in [9.17, 15) is 9.59 Å². The van der Waals surface area contributed by atoms with Crippen LogP contribution in [0.5, 0.6) is 11.5 Å². The normalized spacial score (nSPS) is 21.4. The highest BCUT2D eigenvalue weighted by Gasteiger charge is 2.41. The van der Waals surface area contributed by atoms with Gasteiger partial charge in [-0.05, 0) is 42.7 Å². The zero-order valence-electron chi connectivity index (χ0n) is 19.4. The molecule has 1 aliphatic heterocycles. The van der Waals surface area contributed by atoms with Crippen LogP contribution in [0.4, 0.5) is 5.69 Å². The molecule has 0 unspecified atom stereocenters. The number of rotatable bonds is 7. The van der Waals surface area contributed by atoms with Gasteiger partial charge in [-0.3, -0.25) is 9.59 Å². The molecule has 0 radical (unpaired) electrons. The molecule has 7 nitrogen and oxygen atoms in total. The minimum atomic E-state index is -0.408. The lowest BCUT2D eigenvalue weighted by atomic mass is 9.75. The minimum Gasteiger partial charge on any atom is -0.496 e. The van der Waals surface area contributed by atoms with Crippen LogP contribution in [-0.2, 0) is 19.1 Å². The molecule has 1 amide bonds. The topological polar surface area (TPSA) is 83.1 Å². The monoisotopic (exact) mass is 453 g/mol. The molecule has 0 bridgehead atoms. The van der Waals surface area contributed by atoms with E-state index in [1.165, 1.54) is 19.1 Å². The number of nitrogens with one attached hydrogen (secondary N) is 1. The van der Waals surface area contributed by atoms with Crippen molar-refractivity contribution in [3.8, 4) is 11.5 Å². The smallest absolute Gasteiger partial charge is 0.306 e. The Morgan fingerprint density at radius 3 is 2.42 bits per heavy atom. The molecule has 1 N–H and O–H groups in total. The summed E-state index contributed by atoms with van der Waals surface area (Å²) in [6.07, 6.45) is 4.26. The molecule has 0 saturated heterocycles. The van der Waals surface area contributed by atoms with Gasteiger partial charge in [0.2, 0.25) is 5.91 Å². The number of anilines is 1. The number of hydrogen-bond acceptors (Lipinski definition) is 6. The number of fused-ring (bicyclic) bond motifs is 3. The Morgan fingerprint density at radius 1 is 0.970 bits per heavy atom. The number of carbonyl (C=O) groups is 2. The summed E-state index contributed by atoms with van der Waals surface area (Å²) in [5.41, 5.74) is 3.75. The maximum absolute atomic E-state index is 12.3. The van der Waals surface area contributed by atoms with E-state index in [1.54, 1.807) is 14.2 Å². The van der Waals surface area contributed by atoms with Crippen LogP contribution >= 0.6 is 0 Å². The van der Waals surface area contributed by atoms with Crippen LogP contribution in [0.15, 0.2) is 36.4 Å². The van der Waals surface area contributed by atoms with Gasteiger partial charge in [-0.2, -0.15) is 0 Å². The van der Waals surface area contributed by atoms with Crippen LogP contribution in [0.25, 0.3) is 0 Å². The summed E-state index contributed by atoms with van der Waals surface area (Å²) in [5.74, 6) is 1.26. The minimum absolute atomic E-state index is 0.0429. The number of hydrogen-bond donors (Lipinski definition) is 1. The van der Waals surface area contributed by atoms with Crippen molar-refractivity contribution >= 4 is 17.6 Å².